The average molecular weight is 388 g/mol. The lowest BCUT2D eigenvalue weighted by molar-refractivity contribution is 0.0664. The molecular formula is C22H24N6O. The molecule has 2 heterocycles. The number of hydrogen-bond donors (Lipinski definition) is 2. The first-order valence-corrected chi connectivity index (χ1v) is 9.63. The van der Waals surface area contributed by atoms with Crippen LogP contribution in [0.1, 0.15) is 10.4 Å². The number of anilines is 3. The van der Waals surface area contributed by atoms with Crippen LogP contribution in [0.15, 0.2) is 60.7 Å². The summed E-state index contributed by atoms with van der Waals surface area (Å²) in [6, 6.07) is 19.1. The highest BCUT2D eigenvalue weighted by Gasteiger charge is 2.20. The van der Waals surface area contributed by atoms with E-state index in [0.29, 0.717) is 17.1 Å². The molecule has 0 unspecified atom stereocenters. The van der Waals surface area contributed by atoms with Gasteiger partial charge in [-0.15, -0.1) is 0 Å². The Hall–Kier alpha value is -3.45. The smallest absolute Gasteiger partial charge is 0.253 e. The Morgan fingerprint density at radius 2 is 1.66 bits per heavy atom. The number of nitrogen functional groups attached to an aromatic ring is 1. The fourth-order valence-corrected chi connectivity index (χ4v) is 3.32. The molecule has 0 saturated carbocycles. The molecule has 4 rings (SSSR count). The standard InChI is InChI=1S/C22H24N6O/c1-27-11-13-28(14-12-27)21(29)17-9-7-16(8-10-17)19-15-20(26-22(23)25-19)24-18-5-3-2-4-6-18/h2-10,15H,11-14H2,1H3,(H3,23,24,25,26). The molecule has 1 aliphatic heterocycles. The molecular weight excluding hydrogens is 364 g/mol. The van der Waals surface area contributed by atoms with E-state index in [9.17, 15) is 4.79 Å². The number of piperazine rings is 1. The number of para-hydroxylation sites is 1. The number of carbonyl (C=O) groups is 1. The molecule has 0 spiro atoms. The molecule has 29 heavy (non-hydrogen) atoms. The summed E-state index contributed by atoms with van der Waals surface area (Å²) < 4.78 is 0. The zero-order chi connectivity index (χ0) is 20.2. The van der Waals surface area contributed by atoms with Crippen molar-refractivity contribution in [3.63, 3.8) is 0 Å². The van der Waals surface area contributed by atoms with Crippen molar-refractivity contribution in [3.8, 4) is 11.3 Å². The Bertz CT molecular complexity index is 982. The van der Waals surface area contributed by atoms with E-state index in [1.165, 1.54) is 0 Å². The summed E-state index contributed by atoms with van der Waals surface area (Å²) >= 11 is 0. The van der Waals surface area contributed by atoms with Gasteiger partial charge < -0.3 is 20.9 Å². The maximum absolute atomic E-state index is 12.7. The molecule has 1 fully saturated rings. The maximum Gasteiger partial charge on any atom is 0.253 e. The van der Waals surface area contributed by atoms with Crippen LogP contribution in [0.2, 0.25) is 0 Å². The first-order chi connectivity index (χ1) is 14.1. The summed E-state index contributed by atoms with van der Waals surface area (Å²) in [4.78, 5) is 25.5. The van der Waals surface area contributed by atoms with E-state index >= 15 is 0 Å². The molecule has 0 bridgehead atoms. The minimum atomic E-state index is 0.0679. The molecule has 148 valence electrons. The van der Waals surface area contributed by atoms with Gasteiger partial charge in [0.25, 0.3) is 5.91 Å². The van der Waals surface area contributed by atoms with Crippen molar-refractivity contribution >= 4 is 23.4 Å². The SMILES string of the molecule is CN1CCN(C(=O)c2ccc(-c3cc(Nc4ccccc4)nc(N)n3)cc2)CC1. The van der Waals surface area contributed by atoms with Crippen LogP contribution in [0.5, 0.6) is 0 Å². The molecule has 7 heteroatoms. The fraction of sp³-hybridized carbons (Fsp3) is 0.227. The molecule has 3 N–H and O–H groups in total. The van der Waals surface area contributed by atoms with Crippen LogP contribution < -0.4 is 11.1 Å². The first-order valence-electron chi connectivity index (χ1n) is 9.63. The number of nitrogens with one attached hydrogen (secondary N) is 1. The third kappa shape index (κ3) is 4.52. The molecule has 0 atom stereocenters. The molecule has 3 aromatic rings. The highest BCUT2D eigenvalue weighted by atomic mass is 16.2. The number of benzene rings is 2. The van der Waals surface area contributed by atoms with Crippen LogP contribution in [0.25, 0.3) is 11.3 Å². The van der Waals surface area contributed by atoms with E-state index in [0.717, 1.165) is 37.4 Å². The van der Waals surface area contributed by atoms with Crippen LogP contribution in [-0.2, 0) is 0 Å². The minimum absolute atomic E-state index is 0.0679. The van der Waals surface area contributed by atoms with Gasteiger partial charge in [0.05, 0.1) is 5.69 Å². The fourth-order valence-electron chi connectivity index (χ4n) is 3.32. The summed E-state index contributed by atoms with van der Waals surface area (Å²) in [7, 11) is 2.07. The second-order valence-corrected chi connectivity index (χ2v) is 7.16. The Labute approximate surface area is 170 Å². The molecule has 1 aliphatic rings. The topological polar surface area (TPSA) is 87.4 Å². The summed E-state index contributed by atoms with van der Waals surface area (Å²) in [6.45, 7) is 3.32. The molecule has 0 radical (unpaired) electrons. The Balaban J connectivity index is 1.52. The maximum atomic E-state index is 12.7. The highest BCUT2D eigenvalue weighted by molar-refractivity contribution is 5.94. The van der Waals surface area contributed by atoms with E-state index < -0.39 is 0 Å². The molecule has 1 saturated heterocycles. The van der Waals surface area contributed by atoms with Crippen molar-refractivity contribution in [3.05, 3.63) is 66.2 Å². The van der Waals surface area contributed by atoms with Crippen LogP contribution >= 0.6 is 0 Å². The van der Waals surface area contributed by atoms with Gasteiger partial charge in [0.1, 0.15) is 5.82 Å². The minimum Gasteiger partial charge on any atom is -0.368 e. The van der Waals surface area contributed by atoms with Crippen LogP contribution in [0.4, 0.5) is 17.5 Å². The normalized spacial score (nSPS) is 14.6. The summed E-state index contributed by atoms with van der Waals surface area (Å²) in [5.74, 6) is 0.882. The third-order valence-electron chi connectivity index (χ3n) is 5.01. The number of nitrogens with zero attached hydrogens (tertiary/aromatic N) is 4. The van der Waals surface area contributed by atoms with Crippen molar-refractivity contribution in [2.24, 2.45) is 0 Å². The van der Waals surface area contributed by atoms with Gasteiger partial charge in [0.2, 0.25) is 5.95 Å². The van der Waals surface area contributed by atoms with E-state index in [2.05, 4.69) is 27.2 Å². The molecule has 7 nitrogen and oxygen atoms in total. The van der Waals surface area contributed by atoms with Crippen molar-refractivity contribution in [1.82, 2.24) is 19.8 Å². The number of rotatable bonds is 4. The van der Waals surface area contributed by atoms with Crippen LogP contribution in [0, 0.1) is 0 Å². The van der Waals surface area contributed by atoms with Gasteiger partial charge in [0.15, 0.2) is 0 Å². The van der Waals surface area contributed by atoms with E-state index in [1.54, 1.807) is 0 Å². The van der Waals surface area contributed by atoms with Gasteiger partial charge in [0, 0.05) is 49.1 Å². The van der Waals surface area contributed by atoms with Gasteiger partial charge in [-0.3, -0.25) is 4.79 Å². The lowest BCUT2D eigenvalue weighted by Crippen LogP contribution is -2.47. The number of likely N-dealkylation sites (N-methyl/N-ethyl adjacent to an activating group) is 1. The van der Waals surface area contributed by atoms with Crippen molar-refractivity contribution in [1.29, 1.82) is 0 Å². The number of amides is 1. The Morgan fingerprint density at radius 3 is 2.34 bits per heavy atom. The van der Waals surface area contributed by atoms with E-state index in [1.807, 2.05) is 65.6 Å². The van der Waals surface area contributed by atoms with Gasteiger partial charge >= 0.3 is 0 Å². The van der Waals surface area contributed by atoms with Gasteiger partial charge in [-0.05, 0) is 31.3 Å². The van der Waals surface area contributed by atoms with Gasteiger partial charge in [-0.1, -0.05) is 30.3 Å². The largest absolute Gasteiger partial charge is 0.368 e. The van der Waals surface area contributed by atoms with Crippen molar-refractivity contribution in [2.45, 2.75) is 0 Å². The van der Waals surface area contributed by atoms with Gasteiger partial charge in [-0.25, -0.2) is 4.98 Å². The zero-order valence-electron chi connectivity index (χ0n) is 16.4. The van der Waals surface area contributed by atoms with Crippen molar-refractivity contribution < 1.29 is 4.79 Å². The highest BCUT2D eigenvalue weighted by Crippen LogP contribution is 2.23. The summed E-state index contributed by atoms with van der Waals surface area (Å²) in [5.41, 5.74) is 9.10. The zero-order valence-corrected chi connectivity index (χ0v) is 16.4. The van der Waals surface area contributed by atoms with E-state index in [-0.39, 0.29) is 11.9 Å². The molecule has 1 aromatic heterocycles. The van der Waals surface area contributed by atoms with Crippen LogP contribution in [-0.4, -0.2) is 58.9 Å². The van der Waals surface area contributed by atoms with Gasteiger partial charge in [-0.2, -0.15) is 4.98 Å². The number of aromatic nitrogens is 2. The van der Waals surface area contributed by atoms with E-state index in [4.69, 9.17) is 5.73 Å². The predicted molar refractivity (Wildman–Crippen MR) is 115 cm³/mol. The lowest BCUT2D eigenvalue weighted by atomic mass is 10.1. The van der Waals surface area contributed by atoms with Crippen LogP contribution in [0.3, 0.4) is 0 Å². The average Bonchev–Trinajstić information content (AvgIpc) is 2.74. The number of nitrogens with two attached hydrogens (primary N) is 1. The number of carbonyl (C=O) groups excluding carboxylic acids is 1. The summed E-state index contributed by atoms with van der Waals surface area (Å²) in [6.07, 6.45) is 0. The number of hydrogen-bond acceptors (Lipinski definition) is 6. The monoisotopic (exact) mass is 388 g/mol. The molecule has 0 aliphatic carbocycles. The molecule has 2 aromatic carbocycles. The quantitative estimate of drug-likeness (QED) is 0.715. The predicted octanol–water partition coefficient (Wildman–Crippen LogP) is 2.86. The first kappa shape index (κ1) is 18.9. The Kier molecular flexibility index (Phi) is 5.39. The second kappa shape index (κ2) is 8.28. The lowest BCUT2D eigenvalue weighted by Gasteiger charge is -2.32. The van der Waals surface area contributed by atoms with Crippen molar-refractivity contribution in [2.75, 3.05) is 44.3 Å². The molecule has 1 amide bonds. The summed E-state index contributed by atoms with van der Waals surface area (Å²) in [5, 5.41) is 3.24. The second-order valence-electron chi connectivity index (χ2n) is 7.16. The Morgan fingerprint density at radius 1 is 0.966 bits per heavy atom. The third-order valence-corrected chi connectivity index (χ3v) is 5.01.